The summed E-state index contributed by atoms with van der Waals surface area (Å²) in [6.07, 6.45) is -0.303. The Kier molecular flexibility index (Phi) is 10.8. The molecule has 146 valence electrons. The molecular weight excluding hydrogens is 340 g/mol. The molecule has 0 N–H and O–H groups in total. The zero-order valence-electron chi connectivity index (χ0n) is 16.2. The predicted octanol–water partition coefficient (Wildman–Crippen LogP) is 4.82. The van der Waals surface area contributed by atoms with Crippen molar-refractivity contribution in [3.63, 3.8) is 0 Å². The third-order valence-electron chi connectivity index (χ3n) is 2.56. The molecule has 0 aromatic heterocycles. The van der Waals surface area contributed by atoms with Crippen LogP contribution in [0.15, 0.2) is 42.7 Å². The van der Waals surface area contributed by atoms with Crippen LogP contribution in [-0.4, -0.2) is 18.2 Å². The first-order chi connectivity index (χ1) is 12.1. The van der Waals surface area contributed by atoms with Crippen LogP contribution in [0.4, 0.5) is 4.79 Å². The van der Waals surface area contributed by atoms with Gasteiger partial charge in [-0.1, -0.05) is 50.6 Å². The first-order valence-electron chi connectivity index (χ1n) is 8.33. The van der Waals surface area contributed by atoms with Crippen LogP contribution in [0.25, 0.3) is 0 Å². The first kappa shape index (κ1) is 23.5. The molecule has 0 bridgehead atoms. The second-order valence-corrected chi connectivity index (χ2v) is 6.04. The molecule has 0 fully saturated rings. The number of rotatable bonds is 6. The smallest absolute Gasteiger partial charge is 0.429 e. The highest BCUT2D eigenvalue weighted by atomic mass is 17.3. The SMILES string of the molecule is C=C(OOC(C)(C)c1ccccc1)C(=O)OOC(=O)OC(C)C.CCC. The number of carbonyl (C=O) groups excluding carboxylic acids is 2. The summed E-state index contributed by atoms with van der Waals surface area (Å²) in [4.78, 5) is 41.0. The van der Waals surface area contributed by atoms with Crippen LogP contribution < -0.4 is 0 Å². The molecule has 0 heterocycles. The molecule has 0 aliphatic rings. The van der Waals surface area contributed by atoms with Crippen LogP contribution in [-0.2, 0) is 34.7 Å². The Hall–Kier alpha value is -2.54. The fraction of sp³-hybridized carbons (Fsp3) is 0.474. The summed E-state index contributed by atoms with van der Waals surface area (Å²) in [6, 6.07) is 9.24. The molecule has 0 unspecified atom stereocenters. The summed E-state index contributed by atoms with van der Waals surface area (Å²) in [5.41, 5.74) is -0.0000228. The summed E-state index contributed by atoms with van der Waals surface area (Å²) in [7, 11) is 0. The molecular formula is C19H28O7. The quantitative estimate of drug-likeness (QED) is 0.234. The molecule has 0 amide bonds. The van der Waals surface area contributed by atoms with E-state index in [1.807, 2.05) is 30.3 Å². The monoisotopic (exact) mass is 368 g/mol. The minimum atomic E-state index is -1.15. The fourth-order valence-electron chi connectivity index (χ4n) is 1.41. The van der Waals surface area contributed by atoms with Crippen LogP contribution in [0.5, 0.6) is 0 Å². The highest BCUT2D eigenvalue weighted by Gasteiger charge is 2.26. The Balaban J connectivity index is 0.00000194. The second-order valence-electron chi connectivity index (χ2n) is 6.04. The molecule has 1 aromatic carbocycles. The van der Waals surface area contributed by atoms with Crippen LogP contribution >= 0.6 is 0 Å². The van der Waals surface area contributed by atoms with Gasteiger partial charge in [0.2, 0.25) is 5.76 Å². The van der Waals surface area contributed by atoms with E-state index in [4.69, 9.17) is 9.78 Å². The van der Waals surface area contributed by atoms with Gasteiger partial charge in [0.1, 0.15) is 5.60 Å². The Morgan fingerprint density at radius 2 is 1.58 bits per heavy atom. The van der Waals surface area contributed by atoms with Gasteiger partial charge >= 0.3 is 12.1 Å². The van der Waals surface area contributed by atoms with Gasteiger partial charge in [-0.05, 0) is 39.8 Å². The highest BCUT2D eigenvalue weighted by Crippen LogP contribution is 2.25. The van der Waals surface area contributed by atoms with Crippen LogP contribution in [0.1, 0.15) is 53.5 Å². The molecule has 0 saturated heterocycles. The summed E-state index contributed by atoms with van der Waals surface area (Å²) >= 11 is 0. The number of carbonyl (C=O) groups is 2. The van der Waals surface area contributed by atoms with Gasteiger partial charge in [-0.25, -0.2) is 14.6 Å². The maximum atomic E-state index is 11.5. The number of hydrogen-bond donors (Lipinski definition) is 0. The van der Waals surface area contributed by atoms with Crippen molar-refractivity contribution in [1.29, 1.82) is 0 Å². The van der Waals surface area contributed by atoms with Crippen LogP contribution in [0, 0.1) is 0 Å². The van der Waals surface area contributed by atoms with Crippen LogP contribution in [0.3, 0.4) is 0 Å². The molecule has 26 heavy (non-hydrogen) atoms. The van der Waals surface area contributed by atoms with Crippen molar-refractivity contribution in [2.75, 3.05) is 0 Å². The Labute approximate surface area is 154 Å². The Bertz CT molecular complexity index is 565. The zero-order valence-corrected chi connectivity index (χ0v) is 16.2. The van der Waals surface area contributed by atoms with Gasteiger partial charge in [0.25, 0.3) is 0 Å². The van der Waals surface area contributed by atoms with E-state index in [-0.39, 0.29) is 0 Å². The lowest BCUT2D eigenvalue weighted by Crippen LogP contribution is -2.23. The maximum absolute atomic E-state index is 11.5. The van der Waals surface area contributed by atoms with E-state index in [2.05, 4.69) is 34.9 Å². The average Bonchev–Trinajstić information content (AvgIpc) is 2.58. The minimum Gasteiger partial charge on any atom is -0.429 e. The molecule has 0 aliphatic carbocycles. The van der Waals surface area contributed by atoms with Crippen molar-refractivity contribution in [3.05, 3.63) is 48.2 Å². The van der Waals surface area contributed by atoms with E-state index < -0.39 is 29.6 Å². The topological polar surface area (TPSA) is 80.3 Å². The van der Waals surface area contributed by atoms with E-state index >= 15 is 0 Å². The molecule has 0 atom stereocenters. The van der Waals surface area contributed by atoms with Crippen LogP contribution in [0.2, 0.25) is 0 Å². The number of hydrogen-bond acceptors (Lipinski definition) is 7. The molecule has 7 nitrogen and oxygen atoms in total. The summed E-state index contributed by atoms with van der Waals surface area (Å²) in [5.74, 6) is -1.60. The summed E-state index contributed by atoms with van der Waals surface area (Å²) < 4.78 is 4.61. The van der Waals surface area contributed by atoms with Gasteiger partial charge in [-0.2, -0.15) is 9.68 Å². The largest absolute Gasteiger partial charge is 0.550 e. The van der Waals surface area contributed by atoms with E-state index in [0.29, 0.717) is 0 Å². The minimum absolute atomic E-state index is 0.407. The summed E-state index contributed by atoms with van der Waals surface area (Å²) in [6.45, 7) is 14.3. The molecule has 0 saturated carbocycles. The molecule has 7 heteroatoms. The molecule has 1 rings (SSSR count). The van der Waals surface area contributed by atoms with Gasteiger partial charge < -0.3 is 9.62 Å². The second kappa shape index (κ2) is 11.9. The highest BCUT2D eigenvalue weighted by molar-refractivity contribution is 5.85. The number of benzene rings is 1. The van der Waals surface area contributed by atoms with Crippen molar-refractivity contribution in [2.45, 2.75) is 59.7 Å². The van der Waals surface area contributed by atoms with Crippen molar-refractivity contribution in [1.82, 2.24) is 0 Å². The maximum Gasteiger partial charge on any atom is 0.550 e. The molecule has 0 spiro atoms. The number of ether oxygens (including phenoxy) is 1. The van der Waals surface area contributed by atoms with E-state index in [0.717, 1.165) is 5.56 Å². The standard InChI is InChI=1S/C16H20O7.C3H8/c1-11(2)19-15(18)22-21-14(17)12(3)20-23-16(4,5)13-9-7-6-8-10-13;1-3-2/h6-11H,3H2,1-2,4-5H3;3H2,1-2H3. The van der Waals surface area contributed by atoms with Crippen molar-refractivity contribution in [2.24, 2.45) is 0 Å². The Morgan fingerprint density at radius 3 is 2.08 bits per heavy atom. The predicted molar refractivity (Wildman–Crippen MR) is 95.5 cm³/mol. The third-order valence-corrected chi connectivity index (χ3v) is 2.56. The zero-order chi connectivity index (χ0) is 20.2. The molecule has 0 aliphatic heterocycles. The van der Waals surface area contributed by atoms with Gasteiger partial charge in [0.15, 0.2) is 0 Å². The van der Waals surface area contributed by atoms with Crippen molar-refractivity contribution < 1.29 is 33.9 Å². The third kappa shape index (κ3) is 9.68. The van der Waals surface area contributed by atoms with Crippen molar-refractivity contribution in [3.8, 4) is 0 Å². The van der Waals surface area contributed by atoms with E-state index in [1.165, 1.54) is 6.42 Å². The van der Waals surface area contributed by atoms with Gasteiger partial charge in [-0.3, -0.25) is 0 Å². The average molecular weight is 368 g/mol. The first-order valence-corrected chi connectivity index (χ1v) is 8.33. The lowest BCUT2D eigenvalue weighted by atomic mass is 9.99. The van der Waals surface area contributed by atoms with E-state index in [1.54, 1.807) is 27.7 Å². The lowest BCUT2D eigenvalue weighted by Gasteiger charge is -2.23. The normalized spacial score (nSPS) is 10.3. The van der Waals surface area contributed by atoms with Gasteiger partial charge in [0.05, 0.1) is 6.10 Å². The van der Waals surface area contributed by atoms with Crippen molar-refractivity contribution >= 4 is 12.1 Å². The fourth-order valence-corrected chi connectivity index (χ4v) is 1.41. The lowest BCUT2D eigenvalue weighted by molar-refractivity contribution is -0.335. The van der Waals surface area contributed by atoms with E-state index in [9.17, 15) is 9.59 Å². The summed E-state index contributed by atoms with van der Waals surface area (Å²) in [5, 5.41) is 0. The Morgan fingerprint density at radius 1 is 1.04 bits per heavy atom. The van der Waals surface area contributed by atoms with Gasteiger partial charge in [0, 0.05) is 0 Å². The molecule has 1 aromatic rings. The molecule has 0 radical (unpaired) electrons. The van der Waals surface area contributed by atoms with Gasteiger partial charge in [-0.15, -0.1) is 0 Å².